The highest BCUT2D eigenvalue weighted by molar-refractivity contribution is 6.02. The number of carbonyl (C=O) groups is 10. The minimum Gasteiger partial charge on any atom is -0.593 e. The number of rotatable bonds is 8. The van der Waals surface area contributed by atoms with Gasteiger partial charge in [0.25, 0.3) is 46.0 Å². The largest absolute Gasteiger partial charge is 0.593 e. The molecule has 30 N–H and O–H groups in total. The van der Waals surface area contributed by atoms with Gasteiger partial charge in [0, 0.05) is 108 Å². The van der Waals surface area contributed by atoms with Crippen molar-refractivity contribution in [3.05, 3.63) is 220 Å². The van der Waals surface area contributed by atoms with Gasteiger partial charge >= 0.3 is 11.7 Å². The van der Waals surface area contributed by atoms with Crippen LogP contribution in [-0.4, -0.2) is 133 Å². The molecule has 9 aromatic carbocycles. The van der Waals surface area contributed by atoms with E-state index in [2.05, 4.69) is 52.8 Å². The van der Waals surface area contributed by atoms with Crippen molar-refractivity contribution in [1.82, 2.24) is 52.8 Å². The Hall–Kier alpha value is -15.0. The molecule has 6 aliphatic heterocycles. The zero-order valence-corrected chi connectivity index (χ0v) is 58.4. The third-order valence-electron chi connectivity index (χ3n) is 19.4. The van der Waals surface area contributed by atoms with E-state index in [-0.39, 0.29) is 137 Å². The van der Waals surface area contributed by atoms with Crippen LogP contribution in [0, 0.1) is 0 Å². The summed E-state index contributed by atoms with van der Waals surface area (Å²) in [5.74, 6) is -13.4. The second-order valence-corrected chi connectivity index (χ2v) is 27.2. The summed E-state index contributed by atoms with van der Waals surface area (Å²) in [6, 6.07) is 20.9. The molecule has 19 bridgehead atoms. The Morgan fingerprint density at radius 2 is 1.07 bits per heavy atom. The van der Waals surface area contributed by atoms with E-state index in [4.69, 9.17) is 45.2 Å². The number of H-pyrrole nitrogens is 1. The Morgan fingerprint density at radius 3 is 1.80 bits per heavy atom. The molecule has 32 heteroatoms. The van der Waals surface area contributed by atoms with Gasteiger partial charge in [-0.15, -0.1) is 0 Å². The minimum absolute atomic E-state index is 0.0545. The van der Waals surface area contributed by atoms with Crippen LogP contribution in [-0.2, 0) is 67.2 Å². The third-order valence-corrected chi connectivity index (χ3v) is 19.4. The fourth-order valence-electron chi connectivity index (χ4n) is 14.1. The molecule has 0 saturated carbocycles. The summed E-state index contributed by atoms with van der Waals surface area (Å²) in [7, 11) is 0. The van der Waals surface area contributed by atoms with Crippen LogP contribution in [0.3, 0.4) is 0 Å². The molecule has 0 aliphatic carbocycles. The predicted octanol–water partition coefficient (Wildman–Crippen LogP) is 2.18. The quantitative estimate of drug-likeness (QED) is 0.0979. The second kappa shape index (κ2) is 29.4. The second-order valence-electron chi connectivity index (χ2n) is 27.2. The monoisotopic (exact) mass is 1520 g/mol. The molecule has 6 aliphatic rings. The molecule has 9 unspecified atom stereocenters. The molecule has 9 atom stereocenters. The zero-order valence-electron chi connectivity index (χ0n) is 58.4. The number of aromatic amines is 1. The Balaban J connectivity index is 0.907. The molecule has 10 aromatic rings. The van der Waals surface area contributed by atoms with E-state index in [0.717, 1.165) is 30.3 Å². The molecule has 1 aromatic heterocycles. The number of aromatic nitrogens is 1. The van der Waals surface area contributed by atoms with Crippen LogP contribution in [0.5, 0.6) is 74.7 Å². The summed E-state index contributed by atoms with van der Waals surface area (Å²) in [4.78, 5) is 154. The van der Waals surface area contributed by atoms with Crippen LogP contribution in [0.2, 0.25) is 0 Å². The summed E-state index contributed by atoms with van der Waals surface area (Å²) in [5.41, 5.74) is 1.29. The van der Waals surface area contributed by atoms with Crippen molar-refractivity contribution in [3.8, 4) is 97.0 Å². The van der Waals surface area contributed by atoms with E-state index < -0.39 is 126 Å². The lowest BCUT2D eigenvalue weighted by atomic mass is 9.90. The van der Waals surface area contributed by atoms with E-state index in [9.17, 15) is 29.7 Å². The van der Waals surface area contributed by atoms with Crippen LogP contribution in [0.4, 0.5) is 0 Å². The van der Waals surface area contributed by atoms with Crippen molar-refractivity contribution >= 4 is 70.0 Å². The van der Waals surface area contributed by atoms with Crippen molar-refractivity contribution in [2.45, 2.75) is 80.6 Å². The highest BCUT2D eigenvalue weighted by Gasteiger charge is 2.43. The first-order valence-corrected chi connectivity index (χ1v) is 34.5. The Bertz CT molecular complexity index is 5530. The smallest absolute Gasteiger partial charge is 0.543 e. The van der Waals surface area contributed by atoms with Crippen molar-refractivity contribution in [3.63, 3.8) is 0 Å². The standard InChI is InChI=1S/C79H66N10O22/c1-33(90)81-64(36-5-9-43(91)10-6-36)76(105)86-66-40-21-46(94)29-49(22-40)111-61-26-38(8-15-59(61)97)65-77(106)87-67-41-23-51(37-7-13-50-42(32-80-54(50)24-37)25-57(73(102)85-65)84-74(66)103)70(99)62(27-41)110-48-11-2-34(3-12-48)17-55-72(101)89-69(78(107)88-68(79(108)109)39-19-44(92)28-45(93)20-39)53-30-47(95)31-60(98)63(53)52-16-35(4-14-58(52)96)18-56(71(100)82-55)83-75(67)104/h2-16,19-24,26-32,55-57,64-69,80,91-99H,17-18,25H2,1H3,(H,81,90)(H,82,100)(H,83,104)(H,84,103)(H,85,102)(H,86,105)(H,87,106)(H,88,107)(H,89,101)(H,108,109)/p+10. The molecule has 0 saturated heterocycles. The molecular weight excluding hydrogens is 1440 g/mol. The Morgan fingerprint density at radius 1 is 0.459 bits per heavy atom. The van der Waals surface area contributed by atoms with Gasteiger partial charge in [-0.1, -0.05) is 24.3 Å². The third kappa shape index (κ3) is 15.1. The van der Waals surface area contributed by atoms with E-state index in [1.807, 2.05) is 0 Å². The molecule has 564 valence electrons. The lowest BCUT2D eigenvalue weighted by Gasteiger charge is -2.29. The number of hydrogen-bond donors (Lipinski definition) is 10. The van der Waals surface area contributed by atoms with Gasteiger partial charge in [0.1, 0.15) is 72.0 Å². The van der Waals surface area contributed by atoms with Gasteiger partial charge in [0.15, 0.2) is 0 Å². The van der Waals surface area contributed by atoms with Gasteiger partial charge in [-0.3, -0.25) is 43.2 Å². The molecule has 9 amide bonds. The highest BCUT2D eigenvalue weighted by atomic mass is 16.5. The average molecular weight is 1520 g/mol. The molecule has 16 rings (SSSR count). The number of fused-ring (bicyclic) bond motifs is 13. The van der Waals surface area contributed by atoms with Crippen LogP contribution < -0.4 is 57.3 Å². The SMILES string of the molecule is CC(=O)NC(C(=O)NC1C(=O)NC2Cc3c[nH]c4cc(ccc34)-c3cc4cc(c3[OH2+])Oc3ccc(cc3)CC3NC(=O)C(Cc5ccc([OH2+])c(c5)-c5c([OH2+])cc([OH2+])cc5C(C(=O)NC(C(=O)[OH2+])c5cc([OH2+])cc([OH2+])c5)NC3=O)NC(=O)C4NC(=O)C(NC2=O)c2ccc([OH2+])c(c2)Oc2cc([OH2+])cc1c2)c1ccc([OH2+])cc1. The first-order valence-electron chi connectivity index (χ1n) is 34.5. The van der Waals surface area contributed by atoms with E-state index >= 15 is 33.6 Å². The van der Waals surface area contributed by atoms with Crippen molar-refractivity contribution < 1.29 is 108 Å². The number of hydrogen-bond acceptors (Lipinski definition) is 12. The summed E-state index contributed by atoms with van der Waals surface area (Å²) >= 11 is 0. The predicted molar refractivity (Wildman–Crippen MR) is 402 cm³/mol. The van der Waals surface area contributed by atoms with Crippen LogP contribution >= 0.6 is 0 Å². The zero-order chi connectivity index (χ0) is 78.5. The van der Waals surface area contributed by atoms with Crippen molar-refractivity contribution in [1.29, 1.82) is 0 Å². The number of ether oxygens (including phenoxy) is 2. The van der Waals surface area contributed by atoms with Gasteiger partial charge in [-0.2, -0.15) is 0 Å². The maximum Gasteiger partial charge on any atom is 0.543 e. The van der Waals surface area contributed by atoms with Crippen molar-refractivity contribution in [2.24, 2.45) is 0 Å². The molecule has 0 fully saturated rings. The number of nitrogens with one attached hydrogen (secondary N) is 10. The number of benzene rings is 9. The Kier molecular flexibility index (Phi) is 19.3. The Labute approximate surface area is 626 Å². The fourth-order valence-corrected chi connectivity index (χ4v) is 14.1. The van der Waals surface area contributed by atoms with Gasteiger partial charge in [-0.05, 0) is 117 Å². The summed E-state index contributed by atoms with van der Waals surface area (Å²) in [6.45, 7) is 1.17. The minimum atomic E-state index is -2.00. The summed E-state index contributed by atoms with van der Waals surface area (Å²) < 4.78 is 12.9. The lowest BCUT2D eigenvalue weighted by molar-refractivity contribution is -0.142. The normalized spacial score (nSPS) is 19.4. The van der Waals surface area contributed by atoms with Crippen molar-refractivity contribution in [2.75, 3.05) is 0 Å². The summed E-state index contributed by atoms with van der Waals surface area (Å²) in [6.07, 6.45) is 0.387. The van der Waals surface area contributed by atoms with Gasteiger partial charge in [-0.25, -0.2) is 0 Å². The maximum atomic E-state index is 16.2. The first kappa shape index (κ1) is 72.9. The molecule has 111 heavy (non-hydrogen) atoms. The van der Waals surface area contributed by atoms with Crippen LogP contribution in [0.15, 0.2) is 170 Å². The highest BCUT2D eigenvalue weighted by Crippen LogP contribution is 2.47. The van der Waals surface area contributed by atoms with Gasteiger partial charge < -0.3 is 113 Å². The topological polar surface area (TPSA) is 542 Å². The molecule has 0 radical (unpaired) electrons. The number of amides is 9. The molecular formula is C79H76N10O22+10. The molecule has 0 spiro atoms. The van der Waals surface area contributed by atoms with Gasteiger partial charge in [0.2, 0.25) is 70.7 Å². The lowest BCUT2D eigenvalue weighted by Crippen LogP contribution is -2.57. The van der Waals surface area contributed by atoms with E-state index in [0.29, 0.717) is 27.6 Å². The van der Waals surface area contributed by atoms with Gasteiger partial charge in [0.05, 0.1) is 22.8 Å². The molecule has 7 heterocycles. The maximum absolute atomic E-state index is 16.2. The van der Waals surface area contributed by atoms with Crippen LogP contribution in [0.1, 0.15) is 93.2 Å². The van der Waals surface area contributed by atoms with E-state index in [1.165, 1.54) is 110 Å². The average Bonchev–Trinajstić information content (AvgIpc) is 1.55. The first-order chi connectivity index (χ1) is 53.0. The molecule has 32 nitrogen and oxygen atoms in total. The summed E-state index contributed by atoms with van der Waals surface area (Å²) in [5, 5.41) is 113. The number of carbonyl (C=O) groups excluding carboxylic acids is 10. The fraction of sp³-hybridized carbons (Fsp3) is 0.165. The van der Waals surface area contributed by atoms with Crippen LogP contribution in [0.25, 0.3) is 33.2 Å². The van der Waals surface area contributed by atoms with E-state index in [1.54, 1.807) is 36.5 Å².